The molecule has 0 fully saturated rings. The molecule has 4 atom stereocenters. The second-order valence-corrected chi connectivity index (χ2v) is 14.4. The van der Waals surface area contributed by atoms with E-state index >= 15 is 0 Å². The predicted molar refractivity (Wildman–Crippen MR) is 211 cm³/mol. The van der Waals surface area contributed by atoms with Gasteiger partial charge in [-0.2, -0.15) is 0 Å². The van der Waals surface area contributed by atoms with Crippen LogP contribution in [0.15, 0.2) is 72.9 Å². The molecule has 0 aliphatic heterocycles. The first-order valence-electron chi connectivity index (χ1n) is 19.6. The number of unbranched alkanes of at least 4 members (excludes halogenated alkanes) is 10. The molecule has 0 aliphatic rings. The lowest BCUT2D eigenvalue weighted by molar-refractivity contribution is -0.161. The van der Waals surface area contributed by atoms with Crippen molar-refractivity contribution >= 4 is 19.8 Å². The first kappa shape index (κ1) is 50.4. The Morgan fingerprint density at radius 3 is 1.85 bits per heavy atom. The van der Waals surface area contributed by atoms with Crippen LogP contribution in [0.1, 0.15) is 136 Å². The molecule has 0 aromatic heterocycles. The van der Waals surface area contributed by atoms with Crippen molar-refractivity contribution in [3.8, 4) is 0 Å². The van der Waals surface area contributed by atoms with Gasteiger partial charge in [-0.25, -0.2) is 4.57 Å². The zero-order valence-corrected chi connectivity index (χ0v) is 33.1. The fourth-order valence-electron chi connectivity index (χ4n) is 4.96. The molecule has 12 heteroatoms. The topological polar surface area (TPSA) is 180 Å². The quantitative estimate of drug-likeness (QED) is 0.0139. The van der Waals surface area contributed by atoms with Gasteiger partial charge in [-0.1, -0.05) is 138 Å². The minimum atomic E-state index is -4.84. The number of hydrogen-bond donors (Lipinski definition) is 5. The van der Waals surface area contributed by atoms with E-state index in [1.807, 2.05) is 0 Å². The molecule has 0 unspecified atom stereocenters. The minimum absolute atomic E-state index is 0.0923. The second kappa shape index (κ2) is 35.1. The van der Waals surface area contributed by atoms with Crippen LogP contribution in [0, 0.1) is 0 Å². The third-order valence-corrected chi connectivity index (χ3v) is 8.55. The van der Waals surface area contributed by atoms with Crippen molar-refractivity contribution in [2.45, 2.75) is 160 Å². The first-order chi connectivity index (χ1) is 25.5. The van der Waals surface area contributed by atoms with Crippen molar-refractivity contribution in [1.29, 1.82) is 0 Å². The molecule has 0 radical (unpaired) electrons. The third kappa shape index (κ3) is 36.1. The van der Waals surface area contributed by atoms with E-state index in [0.29, 0.717) is 6.42 Å². The monoisotopic (exact) mass is 768 g/mol. The number of aliphatic hydroxyl groups is 3. The maximum absolute atomic E-state index is 12.4. The van der Waals surface area contributed by atoms with Crippen molar-refractivity contribution < 1.29 is 53.3 Å². The molecule has 0 bridgehead atoms. The van der Waals surface area contributed by atoms with Crippen LogP contribution >= 0.6 is 7.82 Å². The Hall–Kier alpha value is -2.63. The van der Waals surface area contributed by atoms with Crippen LogP contribution < -0.4 is 0 Å². The standard InChI is InChI=1S/C41H69O11P/c1-3-5-7-8-9-10-11-12-13-14-15-16-17-22-26-32-41(46)52-37(35-51-53(47,48)49)34-50-40(45)33-27-31-39(44)38(43)30-25-21-19-18-20-24-29-36(42)28-23-6-4-2/h9-10,12-13,18-21,24-25,29-30,36-39,42-44H,3-8,11,14-17,22-23,26-28,31-35H2,1-2H3,(H2,47,48,49)/b10-9-,13-12-,20-18-,21-19+,29-24+,30-25+/t36-,37-,38-,39-/m1/s1. The molecule has 0 heterocycles. The van der Waals surface area contributed by atoms with Gasteiger partial charge < -0.3 is 34.6 Å². The van der Waals surface area contributed by atoms with Crippen molar-refractivity contribution in [2.75, 3.05) is 13.2 Å². The van der Waals surface area contributed by atoms with Gasteiger partial charge in [0, 0.05) is 12.8 Å². The molecule has 0 spiro atoms. The Morgan fingerprint density at radius 1 is 0.623 bits per heavy atom. The summed E-state index contributed by atoms with van der Waals surface area (Å²) in [5, 5.41) is 30.2. The number of aliphatic hydroxyl groups excluding tert-OH is 3. The fraction of sp³-hybridized carbons (Fsp3) is 0.659. The molecule has 11 nitrogen and oxygen atoms in total. The maximum atomic E-state index is 12.4. The van der Waals surface area contributed by atoms with E-state index in [2.05, 4.69) is 42.7 Å². The predicted octanol–water partition coefficient (Wildman–Crippen LogP) is 8.42. The summed E-state index contributed by atoms with van der Waals surface area (Å²) in [6.07, 6.45) is 34.2. The van der Waals surface area contributed by atoms with Gasteiger partial charge >= 0.3 is 19.8 Å². The molecule has 0 saturated heterocycles. The van der Waals surface area contributed by atoms with Gasteiger partial charge in [0.1, 0.15) is 6.61 Å². The Balaban J connectivity index is 4.34. The molecular formula is C41H69O11P. The van der Waals surface area contributed by atoms with E-state index in [1.165, 1.54) is 25.3 Å². The van der Waals surface area contributed by atoms with Crippen LogP contribution in [-0.2, 0) is 28.2 Å². The molecule has 0 aromatic carbocycles. The molecule has 0 aromatic rings. The second-order valence-electron chi connectivity index (χ2n) is 13.1. The van der Waals surface area contributed by atoms with Gasteiger partial charge in [-0.3, -0.25) is 14.1 Å². The minimum Gasteiger partial charge on any atom is -0.462 e. The smallest absolute Gasteiger partial charge is 0.462 e. The zero-order valence-electron chi connectivity index (χ0n) is 32.2. The van der Waals surface area contributed by atoms with E-state index in [0.717, 1.165) is 70.6 Å². The maximum Gasteiger partial charge on any atom is 0.469 e. The summed E-state index contributed by atoms with van der Waals surface area (Å²) in [5.74, 6) is -1.24. The van der Waals surface area contributed by atoms with Crippen LogP contribution in [0.2, 0.25) is 0 Å². The number of hydrogen-bond acceptors (Lipinski definition) is 9. The summed E-state index contributed by atoms with van der Waals surface area (Å²) in [6.45, 7) is 3.23. The summed E-state index contributed by atoms with van der Waals surface area (Å²) < 4.78 is 26.1. The van der Waals surface area contributed by atoms with Crippen LogP contribution in [0.25, 0.3) is 0 Å². The molecule has 0 aliphatic carbocycles. The largest absolute Gasteiger partial charge is 0.469 e. The summed E-state index contributed by atoms with van der Waals surface area (Å²) in [7, 11) is -4.84. The molecule has 5 N–H and O–H groups in total. The molecule has 304 valence electrons. The Bertz CT molecular complexity index is 1140. The molecular weight excluding hydrogens is 699 g/mol. The number of carbonyl (C=O) groups is 2. The number of carbonyl (C=O) groups excluding carboxylic acids is 2. The summed E-state index contributed by atoms with van der Waals surface area (Å²) in [6, 6.07) is 0. The van der Waals surface area contributed by atoms with Gasteiger partial charge in [-0.05, 0) is 57.8 Å². The Labute approximate surface area is 318 Å². The number of phosphoric ester groups is 1. The van der Waals surface area contributed by atoms with Crippen molar-refractivity contribution in [2.24, 2.45) is 0 Å². The Morgan fingerprint density at radius 2 is 1.19 bits per heavy atom. The van der Waals surface area contributed by atoms with E-state index in [1.54, 1.807) is 42.5 Å². The van der Waals surface area contributed by atoms with Crippen LogP contribution in [-0.4, -0.2) is 74.7 Å². The highest BCUT2D eigenvalue weighted by molar-refractivity contribution is 7.46. The molecule has 0 saturated carbocycles. The Kier molecular flexibility index (Phi) is 33.4. The lowest BCUT2D eigenvalue weighted by Gasteiger charge is -2.18. The van der Waals surface area contributed by atoms with E-state index in [-0.39, 0.29) is 25.7 Å². The van der Waals surface area contributed by atoms with Crippen LogP contribution in [0.3, 0.4) is 0 Å². The lowest BCUT2D eigenvalue weighted by Crippen LogP contribution is -2.29. The van der Waals surface area contributed by atoms with Gasteiger partial charge in [-0.15, -0.1) is 0 Å². The molecule has 53 heavy (non-hydrogen) atoms. The highest BCUT2D eigenvalue weighted by atomic mass is 31.2. The molecule has 0 amide bonds. The van der Waals surface area contributed by atoms with Gasteiger partial charge in [0.05, 0.1) is 24.9 Å². The third-order valence-electron chi connectivity index (χ3n) is 8.06. The normalized spacial score (nSPS) is 15.1. The summed E-state index contributed by atoms with van der Waals surface area (Å²) in [5.41, 5.74) is 0. The van der Waals surface area contributed by atoms with Gasteiger partial charge in [0.15, 0.2) is 6.10 Å². The molecule has 0 rings (SSSR count). The average Bonchev–Trinajstić information content (AvgIpc) is 3.11. The van der Waals surface area contributed by atoms with Crippen molar-refractivity contribution in [1.82, 2.24) is 0 Å². The van der Waals surface area contributed by atoms with E-state index in [4.69, 9.17) is 19.3 Å². The number of allylic oxidation sites excluding steroid dienone is 10. The van der Waals surface area contributed by atoms with Crippen LogP contribution in [0.5, 0.6) is 0 Å². The summed E-state index contributed by atoms with van der Waals surface area (Å²) in [4.78, 5) is 42.8. The zero-order chi connectivity index (χ0) is 39.4. The first-order valence-corrected chi connectivity index (χ1v) is 21.1. The average molecular weight is 769 g/mol. The van der Waals surface area contributed by atoms with Gasteiger partial charge in [0.25, 0.3) is 0 Å². The number of esters is 2. The number of phosphoric acid groups is 1. The highest BCUT2D eigenvalue weighted by Crippen LogP contribution is 2.36. The van der Waals surface area contributed by atoms with Crippen LogP contribution in [0.4, 0.5) is 0 Å². The fourth-order valence-corrected chi connectivity index (χ4v) is 5.32. The SMILES string of the molecule is CCCCC/C=C\C/C=C\CCCCCCCC(=O)O[C@H](COC(=O)CCC[C@@H](O)[C@H](O)/C=C/C=C/C=C\C=C\[C@H](O)CCCCC)COP(=O)(O)O. The number of ether oxygens (including phenoxy) is 2. The van der Waals surface area contributed by atoms with Crippen molar-refractivity contribution in [3.63, 3.8) is 0 Å². The summed E-state index contributed by atoms with van der Waals surface area (Å²) >= 11 is 0. The highest BCUT2D eigenvalue weighted by Gasteiger charge is 2.23. The lowest BCUT2D eigenvalue weighted by atomic mass is 10.1. The van der Waals surface area contributed by atoms with E-state index in [9.17, 15) is 29.5 Å². The van der Waals surface area contributed by atoms with Gasteiger partial charge in [0.2, 0.25) is 0 Å². The number of rotatable bonds is 34. The van der Waals surface area contributed by atoms with E-state index < -0.39 is 57.4 Å². The van der Waals surface area contributed by atoms with Crippen molar-refractivity contribution in [3.05, 3.63) is 72.9 Å².